The molecule has 1 amide bonds. The second-order valence-electron chi connectivity index (χ2n) is 4.31. The van der Waals surface area contributed by atoms with Crippen LogP contribution in [0.25, 0.3) is 0 Å². The number of hydrogen-bond acceptors (Lipinski definition) is 6. The first kappa shape index (κ1) is 14.4. The molecule has 1 aromatic rings. The van der Waals surface area contributed by atoms with Gasteiger partial charge >= 0.3 is 16.2 Å². The van der Waals surface area contributed by atoms with Gasteiger partial charge in [-0.05, 0) is 32.9 Å². The number of rotatable bonds is 3. The Labute approximate surface area is 105 Å². The molecular weight excluding hydrogens is 260 g/mol. The van der Waals surface area contributed by atoms with E-state index in [1.165, 1.54) is 18.3 Å². The molecule has 0 aliphatic heterocycles. The number of pyridine rings is 1. The fourth-order valence-electron chi connectivity index (χ4n) is 0.925. The minimum Gasteiger partial charge on any atom is -0.442 e. The van der Waals surface area contributed by atoms with E-state index in [-0.39, 0.29) is 5.03 Å². The maximum absolute atomic E-state index is 11.5. The number of nitrogens with zero attached hydrogens (tertiary/aromatic N) is 1. The Bertz CT molecular complexity index is 507. The number of amides is 1. The molecule has 1 aromatic heterocycles. The van der Waals surface area contributed by atoms with E-state index in [1.807, 2.05) is 0 Å². The molecule has 0 aliphatic carbocycles. The summed E-state index contributed by atoms with van der Waals surface area (Å²) in [5.41, 5.74) is 0.941. The van der Waals surface area contributed by atoms with Crippen molar-refractivity contribution in [2.24, 2.45) is 0 Å². The minimum atomic E-state index is -4.13. The van der Waals surface area contributed by atoms with Crippen molar-refractivity contribution in [2.75, 3.05) is 0 Å². The number of carbonyl (C=O) groups is 1. The number of hydroxylamine groups is 1. The summed E-state index contributed by atoms with van der Waals surface area (Å²) in [5, 5.41) is -0.305. The van der Waals surface area contributed by atoms with Gasteiger partial charge in [0.2, 0.25) is 0 Å². The third-order valence-corrected chi connectivity index (χ3v) is 2.58. The van der Waals surface area contributed by atoms with E-state index in [4.69, 9.17) is 4.74 Å². The summed E-state index contributed by atoms with van der Waals surface area (Å²) in [6.07, 6.45) is 0.297. The number of hydrogen-bond donors (Lipinski definition) is 1. The second-order valence-corrected chi connectivity index (χ2v) is 5.80. The molecule has 0 bridgehead atoms. The Kier molecular flexibility index (Phi) is 4.25. The van der Waals surface area contributed by atoms with E-state index in [1.54, 1.807) is 32.3 Å². The van der Waals surface area contributed by atoms with E-state index in [2.05, 4.69) is 9.27 Å². The van der Waals surface area contributed by atoms with Gasteiger partial charge in [-0.2, -0.15) is 13.9 Å². The smallest absolute Gasteiger partial charge is 0.432 e. The Balaban J connectivity index is 2.61. The van der Waals surface area contributed by atoms with E-state index >= 15 is 0 Å². The molecule has 0 spiro atoms. The highest BCUT2D eigenvalue weighted by atomic mass is 32.2. The van der Waals surface area contributed by atoms with Crippen LogP contribution >= 0.6 is 0 Å². The first-order chi connectivity index (χ1) is 8.21. The molecule has 0 saturated carbocycles. The second kappa shape index (κ2) is 5.32. The van der Waals surface area contributed by atoms with Crippen LogP contribution < -0.4 is 5.48 Å². The van der Waals surface area contributed by atoms with Crippen LogP contribution in [0.5, 0.6) is 0 Å². The van der Waals surface area contributed by atoms with Gasteiger partial charge in [-0.15, -0.1) is 4.28 Å². The Morgan fingerprint density at radius 2 is 2.00 bits per heavy atom. The number of nitrogens with one attached hydrogen (secondary N) is 1. The van der Waals surface area contributed by atoms with E-state index in [0.717, 1.165) is 0 Å². The van der Waals surface area contributed by atoms with Gasteiger partial charge in [-0.25, -0.2) is 9.78 Å². The van der Waals surface area contributed by atoms with E-state index < -0.39 is 21.8 Å². The molecule has 0 atom stereocenters. The van der Waals surface area contributed by atoms with Crippen molar-refractivity contribution in [2.45, 2.75) is 31.4 Å². The SMILES string of the molecule is CC(C)(C)OC(=O)NOS(=O)(=O)c1ccccn1. The lowest BCUT2D eigenvalue weighted by molar-refractivity contribution is 0.0298. The van der Waals surface area contributed by atoms with Gasteiger partial charge < -0.3 is 4.74 Å². The molecule has 1 heterocycles. The normalized spacial score (nSPS) is 11.9. The first-order valence-corrected chi connectivity index (χ1v) is 6.45. The van der Waals surface area contributed by atoms with Gasteiger partial charge in [-0.1, -0.05) is 6.07 Å². The van der Waals surface area contributed by atoms with Gasteiger partial charge in [0.1, 0.15) is 5.60 Å². The van der Waals surface area contributed by atoms with Crippen molar-refractivity contribution < 1.29 is 22.2 Å². The van der Waals surface area contributed by atoms with Crippen LogP contribution in [0.3, 0.4) is 0 Å². The Morgan fingerprint density at radius 3 is 2.50 bits per heavy atom. The van der Waals surface area contributed by atoms with Crippen LogP contribution in [0, 0.1) is 0 Å². The summed E-state index contributed by atoms with van der Waals surface area (Å²) < 4.78 is 32.2. The van der Waals surface area contributed by atoms with Crippen LogP contribution in [-0.2, 0) is 19.1 Å². The maximum atomic E-state index is 11.5. The predicted molar refractivity (Wildman–Crippen MR) is 61.9 cm³/mol. The van der Waals surface area contributed by atoms with Crippen molar-refractivity contribution >= 4 is 16.2 Å². The lowest BCUT2D eigenvalue weighted by atomic mass is 10.2. The lowest BCUT2D eigenvalue weighted by Crippen LogP contribution is -2.34. The van der Waals surface area contributed by atoms with Gasteiger partial charge in [-0.3, -0.25) is 0 Å². The van der Waals surface area contributed by atoms with Crippen molar-refractivity contribution in [3.8, 4) is 0 Å². The third-order valence-electron chi connectivity index (χ3n) is 1.53. The highest BCUT2D eigenvalue weighted by molar-refractivity contribution is 7.86. The number of carbonyl (C=O) groups excluding carboxylic acids is 1. The number of aromatic nitrogens is 1. The molecule has 1 N–H and O–H groups in total. The summed E-state index contributed by atoms with van der Waals surface area (Å²) in [6, 6.07) is 4.28. The molecule has 100 valence electrons. The molecule has 0 aromatic carbocycles. The minimum absolute atomic E-state index is 0.305. The van der Waals surface area contributed by atoms with Crippen molar-refractivity contribution in [1.29, 1.82) is 0 Å². The zero-order chi connectivity index (χ0) is 13.8. The quantitative estimate of drug-likeness (QED) is 0.833. The van der Waals surface area contributed by atoms with Gasteiger partial charge in [0.15, 0.2) is 5.03 Å². The largest absolute Gasteiger partial charge is 0.442 e. The standard InChI is InChI=1S/C10H14N2O5S/c1-10(2,3)16-9(13)12-17-18(14,15)8-6-4-5-7-11-8/h4-7H,1-3H3,(H,12,13). The highest BCUT2D eigenvalue weighted by Gasteiger charge is 2.21. The molecular formula is C10H14N2O5S. The van der Waals surface area contributed by atoms with E-state index in [0.29, 0.717) is 0 Å². The monoisotopic (exact) mass is 274 g/mol. The molecule has 0 saturated heterocycles. The fraction of sp³-hybridized carbons (Fsp3) is 0.400. The lowest BCUT2D eigenvalue weighted by Gasteiger charge is -2.19. The molecule has 0 radical (unpaired) electrons. The molecule has 7 nitrogen and oxygen atoms in total. The molecule has 0 fully saturated rings. The first-order valence-electron chi connectivity index (χ1n) is 5.04. The molecule has 1 rings (SSSR count). The molecule has 18 heavy (non-hydrogen) atoms. The summed E-state index contributed by atoms with van der Waals surface area (Å²) in [6.45, 7) is 4.92. The predicted octanol–water partition coefficient (Wildman–Crippen LogP) is 1.23. The number of ether oxygens (including phenoxy) is 1. The Hall–Kier alpha value is -1.67. The Morgan fingerprint density at radius 1 is 1.33 bits per heavy atom. The topological polar surface area (TPSA) is 94.6 Å². The van der Waals surface area contributed by atoms with Crippen molar-refractivity contribution in [1.82, 2.24) is 10.5 Å². The van der Waals surface area contributed by atoms with Crippen LogP contribution in [0.15, 0.2) is 29.4 Å². The maximum Gasteiger partial charge on any atom is 0.432 e. The van der Waals surface area contributed by atoms with Gasteiger partial charge in [0.05, 0.1) is 0 Å². The van der Waals surface area contributed by atoms with E-state index in [9.17, 15) is 13.2 Å². The average Bonchev–Trinajstić information content (AvgIpc) is 2.26. The highest BCUT2D eigenvalue weighted by Crippen LogP contribution is 2.09. The van der Waals surface area contributed by atoms with Gasteiger partial charge in [0.25, 0.3) is 0 Å². The zero-order valence-electron chi connectivity index (χ0n) is 10.2. The molecule has 8 heteroatoms. The van der Waals surface area contributed by atoms with Crippen LogP contribution in [0.4, 0.5) is 4.79 Å². The van der Waals surface area contributed by atoms with Crippen LogP contribution in [0.1, 0.15) is 20.8 Å². The third kappa shape index (κ3) is 4.68. The zero-order valence-corrected chi connectivity index (χ0v) is 11.0. The van der Waals surface area contributed by atoms with Gasteiger partial charge in [0, 0.05) is 6.20 Å². The van der Waals surface area contributed by atoms with Crippen molar-refractivity contribution in [3.63, 3.8) is 0 Å². The van der Waals surface area contributed by atoms with Crippen LogP contribution in [0.2, 0.25) is 0 Å². The van der Waals surface area contributed by atoms with Crippen molar-refractivity contribution in [3.05, 3.63) is 24.4 Å². The molecule has 0 aliphatic rings. The summed E-state index contributed by atoms with van der Waals surface area (Å²) in [7, 11) is -4.13. The fourth-order valence-corrected chi connectivity index (χ4v) is 1.62. The summed E-state index contributed by atoms with van der Waals surface area (Å²) in [4.78, 5) is 14.8. The molecule has 0 unspecified atom stereocenters. The van der Waals surface area contributed by atoms with Crippen LogP contribution in [-0.4, -0.2) is 25.1 Å². The summed E-state index contributed by atoms with van der Waals surface area (Å²) in [5.74, 6) is 0. The average molecular weight is 274 g/mol. The summed E-state index contributed by atoms with van der Waals surface area (Å²) >= 11 is 0.